The fourth-order valence-electron chi connectivity index (χ4n) is 5.08. The molecule has 2 amide bonds. The Labute approximate surface area is 187 Å². The maximum atomic E-state index is 13.4. The van der Waals surface area contributed by atoms with Crippen LogP contribution in [0.5, 0.6) is 0 Å². The van der Waals surface area contributed by atoms with Crippen molar-refractivity contribution in [3.8, 4) is 6.07 Å². The minimum absolute atomic E-state index is 0.0109. The maximum absolute atomic E-state index is 13.4. The molecule has 3 aromatic rings. The molecule has 32 heavy (non-hydrogen) atoms. The first-order valence-electron chi connectivity index (χ1n) is 11.1. The summed E-state index contributed by atoms with van der Waals surface area (Å²) in [5.74, 6) is 0.384. The fraction of sp³-hybridized carbons (Fsp3) is 0.308. The molecule has 6 nitrogen and oxygen atoms in total. The van der Waals surface area contributed by atoms with Crippen molar-refractivity contribution in [3.63, 3.8) is 0 Å². The normalized spacial score (nSPS) is 20.1. The van der Waals surface area contributed by atoms with Crippen molar-refractivity contribution in [1.82, 2.24) is 14.8 Å². The molecule has 2 saturated heterocycles. The molecule has 1 aromatic heterocycles. The van der Waals surface area contributed by atoms with Crippen molar-refractivity contribution in [2.75, 3.05) is 19.6 Å². The lowest BCUT2D eigenvalue weighted by Crippen LogP contribution is -2.49. The molecule has 5 rings (SSSR count). The summed E-state index contributed by atoms with van der Waals surface area (Å²) in [6.45, 7) is 1.97. The van der Waals surface area contributed by atoms with Gasteiger partial charge in [0.15, 0.2) is 0 Å². The number of nitriles is 1. The molecule has 3 heterocycles. The van der Waals surface area contributed by atoms with E-state index in [0.29, 0.717) is 36.6 Å². The summed E-state index contributed by atoms with van der Waals surface area (Å²) in [6.07, 6.45) is 4.02. The Morgan fingerprint density at radius 1 is 1.06 bits per heavy atom. The largest absolute Gasteiger partial charge is 0.337 e. The predicted octanol–water partition coefficient (Wildman–Crippen LogP) is 3.41. The topological polar surface area (TPSA) is 77.3 Å². The van der Waals surface area contributed by atoms with Gasteiger partial charge in [-0.1, -0.05) is 30.3 Å². The summed E-state index contributed by atoms with van der Waals surface area (Å²) < 4.78 is 0. The van der Waals surface area contributed by atoms with E-state index in [1.807, 2.05) is 52.3 Å². The van der Waals surface area contributed by atoms with Crippen LogP contribution in [0.1, 0.15) is 34.3 Å². The Bertz CT molecular complexity index is 1210. The Kier molecular flexibility index (Phi) is 5.32. The van der Waals surface area contributed by atoms with E-state index in [4.69, 9.17) is 5.26 Å². The summed E-state index contributed by atoms with van der Waals surface area (Å²) in [5.41, 5.74) is 2.84. The van der Waals surface area contributed by atoms with Crippen molar-refractivity contribution in [1.29, 1.82) is 5.26 Å². The van der Waals surface area contributed by atoms with E-state index < -0.39 is 0 Å². The van der Waals surface area contributed by atoms with Gasteiger partial charge in [-0.05, 0) is 48.6 Å². The van der Waals surface area contributed by atoms with Crippen molar-refractivity contribution >= 4 is 22.7 Å². The van der Waals surface area contributed by atoms with Crippen molar-refractivity contribution in [2.24, 2.45) is 5.92 Å². The van der Waals surface area contributed by atoms with Crippen LogP contribution in [0.3, 0.4) is 0 Å². The Hall–Kier alpha value is -3.72. The minimum Gasteiger partial charge on any atom is -0.337 e. The van der Waals surface area contributed by atoms with Gasteiger partial charge in [0.2, 0.25) is 5.91 Å². The number of aromatic nitrogens is 1. The lowest BCUT2D eigenvalue weighted by atomic mass is 9.91. The number of nitrogens with zero attached hydrogens (tertiary/aromatic N) is 4. The number of likely N-dealkylation sites (tertiary alicyclic amines) is 2. The summed E-state index contributed by atoms with van der Waals surface area (Å²) in [6, 6.07) is 18.9. The Balaban J connectivity index is 1.33. The number of amides is 2. The fourth-order valence-corrected chi connectivity index (χ4v) is 5.08. The van der Waals surface area contributed by atoms with Crippen LogP contribution < -0.4 is 0 Å². The highest BCUT2D eigenvalue weighted by molar-refractivity contribution is 6.05. The predicted molar refractivity (Wildman–Crippen MR) is 121 cm³/mol. The van der Waals surface area contributed by atoms with E-state index in [-0.39, 0.29) is 17.9 Å². The first-order chi connectivity index (χ1) is 15.6. The van der Waals surface area contributed by atoms with E-state index in [1.165, 1.54) is 0 Å². The molecule has 2 atom stereocenters. The number of pyridine rings is 1. The highest BCUT2D eigenvalue weighted by Gasteiger charge is 2.42. The van der Waals surface area contributed by atoms with Crippen molar-refractivity contribution in [3.05, 3.63) is 77.5 Å². The molecule has 2 fully saturated rings. The van der Waals surface area contributed by atoms with Crippen LogP contribution in [0, 0.1) is 17.2 Å². The number of carbonyl (C=O) groups is 2. The molecule has 6 heteroatoms. The molecule has 2 aromatic carbocycles. The minimum atomic E-state index is -0.0109. The number of rotatable bonds is 3. The standard InChI is InChI=1S/C26H24N4O2/c27-15-19-10-8-18(9-11-19)14-24(31)30-13-3-6-21-16-29(17-23(21)30)26(32)22-7-1-4-20-5-2-12-28-25(20)22/h1-2,4-5,7-12,21,23H,3,6,13-14,16-17H2/t21-,23+/m1/s1. The number of fused-ring (bicyclic) bond motifs is 2. The van der Waals surface area contributed by atoms with Gasteiger partial charge in [0.25, 0.3) is 5.91 Å². The summed E-state index contributed by atoms with van der Waals surface area (Å²) in [7, 11) is 0. The molecule has 0 unspecified atom stereocenters. The second kappa shape index (κ2) is 8.43. The van der Waals surface area contributed by atoms with Gasteiger partial charge in [-0.15, -0.1) is 0 Å². The monoisotopic (exact) mass is 424 g/mol. The lowest BCUT2D eigenvalue weighted by molar-refractivity contribution is -0.134. The number of para-hydroxylation sites is 1. The molecule has 2 aliphatic rings. The van der Waals surface area contributed by atoms with Crippen LogP contribution in [-0.2, 0) is 11.2 Å². The van der Waals surface area contributed by atoms with Crippen LogP contribution in [0.4, 0.5) is 0 Å². The van der Waals surface area contributed by atoms with Crippen LogP contribution in [0.2, 0.25) is 0 Å². The van der Waals surface area contributed by atoms with Crippen LogP contribution in [-0.4, -0.2) is 52.3 Å². The van der Waals surface area contributed by atoms with Crippen molar-refractivity contribution < 1.29 is 9.59 Å². The molecular formula is C26H24N4O2. The van der Waals surface area contributed by atoms with Crippen LogP contribution in [0.25, 0.3) is 10.9 Å². The Morgan fingerprint density at radius 2 is 1.88 bits per heavy atom. The average molecular weight is 425 g/mol. The second-order valence-electron chi connectivity index (χ2n) is 8.63. The van der Waals surface area contributed by atoms with Gasteiger partial charge in [0.1, 0.15) is 0 Å². The molecule has 160 valence electrons. The third-order valence-electron chi connectivity index (χ3n) is 6.69. The molecule has 0 N–H and O–H groups in total. The van der Waals surface area contributed by atoms with E-state index in [1.54, 1.807) is 18.3 Å². The number of hydrogen-bond donors (Lipinski definition) is 0. The molecule has 0 aliphatic carbocycles. The van der Waals surface area contributed by atoms with E-state index in [9.17, 15) is 9.59 Å². The number of carbonyl (C=O) groups excluding carboxylic acids is 2. The maximum Gasteiger partial charge on any atom is 0.256 e. The molecule has 2 aliphatic heterocycles. The third-order valence-corrected chi connectivity index (χ3v) is 6.69. The SMILES string of the molecule is N#Cc1ccc(CC(=O)N2CCC[C@@H]3CN(C(=O)c4cccc5cccnc45)C[C@@H]32)cc1. The average Bonchev–Trinajstić information content (AvgIpc) is 3.28. The van der Waals surface area contributed by atoms with Crippen LogP contribution in [0.15, 0.2) is 60.8 Å². The highest BCUT2D eigenvalue weighted by atomic mass is 16.2. The first kappa shape index (κ1) is 20.2. The van der Waals surface area contributed by atoms with Gasteiger partial charge in [0.05, 0.1) is 35.2 Å². The first-order valence-corrected chi connectivity index (χ1v) is 11.1. The Morgan fingerprint density at radius 3 is 2.69 bits per heavy atom. The summed E-state index contributed by atoms with van der Waals surface area (Å²) in [5, 5.41) is 9.92. The van der Waals surface area contributed by atoms with Gasteiger partial charge in [-0.3, -0.25) is 14.6 Å². The van der Waals surface area contributed by atoms with E-state index in [0.717, 1.165) is 35.9 Å². The zero-order valence-electron chi connectivity index (χ0n) is 17.8. The van der Waals surface area contributed by atoms with Gasteiger partial charge in [0, 0.05) is 31.2 Å². The van der Waals surface area contributed by atoms with Gasteiger partial charge in [-0.25, -0.2) is 0 Å². The molecule has 0 bridgehead atoms. The van der Waals surface area contributed by atoms with Crippen LogP contribution >= 0.6 is 0 Å². The zero-order chi connectivity index (χ0) is 22.1. The molecular weight excluding hydrogens is 400 g/mol. The number of hydrogen-bond acceptors (Lipinski definition) is 4. The quantitative estimate of drug-likeness (QED) is 0.646. The van der Waals surface area contributed by atoms with E-state index in [2.05, 4.69) is 11.1 Å². The number of benzene rings is 2. The highest BCUT2D eigenvalue weighted by Crippen LogP contribution is 2.32. The third kappa shape index (κ3) is 3.71. The van der Waals surface area contributed by atoms with Crippen molar-refractivity contribution in [2.45, 2.75) is 25.3 Å². The lowest BCUT2D eigenvalue weighted by Gasteiger charge is -2.37. The molecule has 0 spiro atoms. The van der Waals surface area contributed by atoms with E-state index >= 15 is 0 Å². The van der Waals surface area contributed by atoms with Gasteiger partial charge >= 0.3 is 0 Å². The summed E-state index contributed by atoms with van der Waals surface area (Å²) >= 11 is 0. The number of piperidine rings is 1. The summed E-state index contributed by atoms with van der Waals surface area (Å²) in [4.78, 5) is 34.8. The molecule has 0 saturated carbocycles. The van der Waals surface area contributed by atoms with Gasteiger partial charge in [-0.2, -0.15) is 5.26 Å². The smallest absolute Gasteiger partial charge is 0.256 e. The van der Waals surface area contributed by atoms with Gasteiger partial charge < -0.3 is 9.80 Å². The second-order valence-corrected chi connectivity index (χ2v) is 8.63. The molecule has 0 radical (unpaired) electrons. The zero-order valence-corrected chi connectivity index (χ0v) is 17.8.